The van der Waals surface area contributed by atoms with Crippen molar-refractivity contribution in [3.05, 3.63) is 53.6 Å². The van der Waals surface area contributed by atoms with E-state index in [1.807, 2.05) is 49.4 Å². The van der Waals surface area contributed by atoms with Gasteiger partial charge in [0.05, 0.1) is 21.3 Å². The normalized spacial score (nSPS) is 11.4. The van der Waals surface area contributed by atoms with Gasteiger partial charge in [0.2, 0.25) is 11.8 Å². The molecule has 0 unspecified atom stereocenters. The van der Waals surface area contributed by atoms with Crippen molar-refractivity contribution >= 4 is 11.8 Å². The number of amides is 2. The van der Waals surface area contributed by atoms with Gasteiger partial charge in [-0.15, -0.1) is 0 Å². The predicted octanol–water partition coefficient (Wildman–Crippen LogP) is 3.59. The molecular formula is C25H34N2O5. The van der Waals surface area contributed by atoms with Crippen LogP contribution >= 0.6 is 0 Å². The van der Waals surface area contributed by atoms with Gasteiger partial charge in [0.25, 0.3) is 0 Å². The summed E-state index contributed by atoms with van der Waals surface area (Å²) < 4.78 is 15.8. The number of carbonyl (C=O) groups is 2. The smallest absolute Gasteiger partial charge is 0.242 e. The lowest BCUT2D eigenvalue weighted by molar-refractivity contribution is -0.140. The van der Waals surface area contributed by atoms with Crippen LogP contribution in [0.2, 0.25) is 0 Å². The molecule has 2 amide bonds. The Labute approximate surface area is 190 Å². The third kappa shape index (κ3) is 6.90. The number of hydrogen-bond donors (Lipinski definition) is 1. The van der Waals surface area contributed by atoms with Crippen LogP contribution < -0.4 is 19.5 Å². The zero-order chi connectivity index (χ0) is 23.5. The molecule has 1 N–H and O–H groups in total. The molecule has 0 radical (unpaired) electrons. The van der Waals surface area contributed by atoms with Crippen LogP contribution in [0.5, 0.6) is 17.2 Å². The molecule has 0 aliphatic heterocycles. The minimum absolute atomic E-state index is 0.0362. The summed E-state index contributed by atoms with van der Waals surface area (Å²) in [6.07, 6.45) is 1.77. The monoisotopic (exact) mass is 442 g/mol. The molecule has 2 aromatic rings. The minimum atomic E-state index is -0.582. The highest BCUT2D eigenvalue weighted by Gasteiger charge is 2.25. The van der Waals surface area contributed by atoms with Gasteiger partial charge in [0.1, 0.15) is 11.8 Å². The molecule has 0 fully saturated rings. The van der Waals surface area contributed by atoms with Gasteiger partial charge in [-0.3, -0.25) is 9.59 Å². The van der Waals surface area contributed by atoms with E-state index in [1.54, 1.807) is 33.2 Å². The molecule has 0 spiro atoms. The fourth-order valence-corrected chi connectivity index (χ4v) is 3.38. The van der Waals surface area contributed by atoms with E-state index < -0.39 is 6.04 Å². The van der Waals surface area contributed by atoms with Crippen LogP contribution in [0.1, 0.15) is 37.8 Å². The van der Waals surface area contributed by atoms with E-state index in [0.29, 0.717) is 37.4 Å². The molecule has 2 rings (SSSR count). The van der Waals surface area contributed by atoms with Gasteiger partial charge in [-0.1, -0.05) is 25.1 Å². The van der Waals surface area contributed by atoms with Crippen LogP contribution in [0.3, 0.4) is 0 Å². The maximum atomic E-state index is 12.8. The summed E-state index contributed by atoms with van der Waals surface area (Å²) >= 11 is 0. The van der Waals surface area contributed by atoms with E-state index in [4.69, 9.17) is 14.2 Å². The number of ether oxygens (including phenoxy) is 3. The molecule has 32 heavy (non-hydrogen) atoms. The number of hydrogen-bond acceptors (Lipinski definition) is 5. The number of carbonyl (C=O) groups excluding carboxylic acids is 2. The van der Waals surface area contributed by atoms with Gasteiger partial charge in [-0.25, -0.2) is 0 Å². The van der Waals surface area contributed by atoms with E-state index in [9.17, 15) is 9.59 Å². The van der Waals surface area contributed by atoms with Crippen molar-refractivity contribution in [1.82, 2.24) is 10.2 Å². The van der Waals surface area contributed by atoms with E-state index in [0.717, 1.165) is 23.3 Å². The summed E-state index contributed by atoms with van der Waals surface area (Å²) in [7, 11) is 4.80. The van der Waals surface area contributed by atoms with Crippen molar-refractivity contribution in [3.63, 3.8) is 0 Å². The lowest BCUT2D eigenvalue weighted by Gasteiger charge is -2.29. The Morgan fingerprint density at radius 2 is 1.59 bits per heavy atom. The quantitative estimate of drug-likeness (QED) is 0.544. The van der Waals surface area contributed by atoms with E-state index in [-0.39, 0.29) is 11.8 Å². The Kier molecular flexibility index (Phi) is 9.85. The summed E-state index contributed by atoms with van der Waals surface area (Å²) in [5.41, 5.74) is 1.97. The molecule has 1 atom stereocenters. The van der Waals surface area contributed by atoms with Crippen LogP contribution in [0.25, 0.3) is 0 Å². The largest absolute Gasteiger partial charge is 0.497 e. The van der Waals surface area contributed by atoms with Gasteiger partial charge < -0.3 is 24.4 Å². The fourth-order valence-electron chi connectivity index (χ4n) is 3.38. The summed E-state index contributed by atoms with van der Waals surface area (Å²) in [5.74, 6) is 1.86. The van der Waals surface area contributed by atoms with E-state index in [2.05, 4.69) is 5.32 Å². The van der Waals surface area contributed by atoms with Crippen molar-refractivity contribution in [2.75, 3.05) is 27.9 Å². The van der Waals surface area contributed by atoms with Crippen molar-refractivity contribution in [2.24, 2.45) is 0 Å². The van der Waals surface area contributed by atoms with Crippen LogP contribution in [-0.2, 0) is 22.6 Å². The first-order valence-electron chi connectivity index (χ1n) is 10.8. The van der Waals surface area contributed by atoms with E-state index in [1.165, 1.54) is 0 Å². The second kappa shape index (κ2) is 12.6. The highest BCUT2D eigenvalue weighted by molar-refractivity contribution is 5.87. The van der Waals surface area contributed by atoms with Crippen molar-refractivity contribution in [1.29, 1.82) is 0 Å². The van der Waals surface area contributed by atoms with Crippen molar-refractivity contribution in [3.8, 4) is 17.2 Å². The molecule has 0 aromatic heterocycles. The van der Waals surface area contributed by atoms with Crippen LogP contribution in [0.4, 0.5) is 0 Å². The molecule has 0 saturated heterocycles. The van der Waals surface area contributed by atoms with Gasteiger partial charge in [-0.05, 0) is 55.2 Å². The summed E-state index contributed by atoms with van der Waals surface area (Å²) in [5, 5.41) is 2.95. The molecule has 7 heteroatoms. The maximum Gasteiger partial charge on any atom is 0.242 e. The van der Waals surface area contributed by atoms with Crippen LogP contribution in [0.15, 0.2) is 42.5 Å². The first-order valence-corrected chi connectivity index (χ1v) is 10.8. The Hall–Kier alpha value is -3.22. The minimum Gasteiger partial charge on any atom is -0.497 e. The highest BCUT2D eigenvalue weighted by atomic mass is 16.5. The molecule has 2 aromatic carbocycles. The lowest BCUT2D eigenvalue weighted by Crippen LogP contribution is -2.47. The Morgan fingerprint density at radius 3 is 2.19 bits per heavy atom. The average molecular weight is 443 g/mol. The molecule has 0 aliphatic rings. The number of benzene rings is 2. The molecule has 0 aliphatic carbocycles. The van der Waals surface area contributed by atoms with Crippen molar-refractivity contribution < 1.29 is 23.8 Å². The second-order valence-electron chi connectivity index (χ2n) is 7.53. The van der Waals surface area contributed by atoms with Gasteiger partial charge in [0.15, 0.2) is 11.5 Å². The lowest BCUT2D eigenvalue weighted by atomic mass is 10.1. The summed E-state index contributed by atoms with van der Waals surface area (Å²) in [4.78, 5) is 27.2. The van der Waals surface area contributed by atoms with Gasteiger partial charge in [0, 0.05) is 19.5 Å². The van der Waals surface area contributed by atoms with E-state index >= 15 is 0 Å². The Morgan fingerprint density at radius 1 is 0.938 bits per heavy atom. The summed E-state index contributed by atoms with van der Waals surface area (Å²) in [6.45, 7) is 4.55. The number of nitrogens with zero attached hydrogens (tertiary/aromatic N) is 1. The molecule has 0 heterocycles. The average Bonchev–Trinajstić information content (AvgIpc) is 2.82. The summed E-state index contributed by atoms with van der Waals surface area (Å²) in [6, 6.07) is 12.6. The molecule has 0 bridgehead atoms. The predicted molar refractivity (Wildman–Crippen MR) is 124 cm³/mol. The Bertz CT molecular complexity index is 882. The third-order valence-corrected chi connectivity index (χ3v) is 5.30. The number of methoxy groups -OCH3 is 3. The topological polar surface area (TPSA) is 77.1 Å². The molecular weight excluding hydrogens is 408 g/mol. The zero-order valence-electron chi connectivity index (χ0n) is 19.6. The van der Waals surface area contributed by atoms with Crippen molar-refractivity contribution in [2.45, 2.75) is 45.7 Å². The highest BCUT2D eigenvalue weighted by Crippen LogP contribution is 2.27. The third-order valence-electron chi connectivity index (χ3n) is 5.30. The zero-order valence-corrected chi connectivity index (χ0v) is 19.6. The first-order chi connectivity index (χ1) is 15.4. The number of rotatable bonds is 12. The first kappa shape index (κ1) is 25.0. The SMILES string of the molecule is CCCC(=O)N(Cc1ccc(OC)cc1)[C@@H](C)C(=O)NCCc1ccc(OC)c(OC)c1. The molecule has 0 saturated carbocycles. The van der Waals surface area contributed by atoms with Gasteiger partial charge in [-0.2, -0.15) is 0 Å². The molecule has 7 nitrogen and oxygen atoms in total. The fraction of sp³-hybridized carbons (Fsp3) is 0.440. The Balaban J connectivity index is 2.00. The second-order valence-corrected chi connectivity index (χ2v) is 7.53. The maximum absolute atomic E-state index is 12.8. The molecule has 174 valence electrons. The van der Waals surface area contributed by atoms with Gasteiger partial charge >= 0.3 is 0 Å². The number of nitrogens with one attached hydrogen (secondary N) is 1. The standard InChI is InChI=1S/C25H34N2O5/c1-6-7-24(28)27(17-20-8-11-21(30-3)12-9-20)18(2)25(29)26-15-14-19-10-13-22(31-4)23(16-19)32-5/h8-13,16,18H,6-7,14-15,17H2,1-5H3,(H,26,29)/t18-/m0/s1. The van der Waals surface area contributed by atoms with Crippen LogP contribution in [-0.4, -0.2) is 50.6 Å². The van der Waals surface area contributed by atoms with Crippen LogP contribution in [0, 0.1) is 0 Å².